The molecule has 0 fully saturated rings. The van der Waals surface area contributed by atoms with Crippen molar-refractivity contribution in [2.45, 2.75) is 0 Å². The summed E-state index contributed by atoms with van der Waals surface area (Å²) >= 11 is 1.73. The average molecular weight is 619 g/mol. The zero-order valence-electron chi connectivity index (χ0n) is 25.2. The molecule has 7 aromatic carbocycles. The highest BCUT2D eigenvalue weighted by Crippen LogP contribution is 2.36. The fourth-order valence-corrected chi connectivity index (χ4v) is 7.10. The average Bonchev–Trinajstić information content (AvgIpc) is 3.60. The van der Waals surface area contributed by atoms with E-state index in [0.717, 1.165) is 54.7 Å². The molecule has 0 saturated heterocycles. The molecule has 9 rings (SSSR count). The van der Waals surface area contributed by atoms with Crippen molar-refractivity contribution in [1.29, 1.82) is 0 Å². The second kappa shape index (κ2) is 11.4. The summed E-state index contributed by atoms with van der Waals surface area (Å²) in [4.78, 5) is 20.1. The third-order valence-electron chi connectivity index (χ3n) is 8.53. The van der Waals surface area contributed by atoms with Crippen molar-refractivity contribution >= 4 is 43.1 Å². The zero-order chi connectivity index (χ0) is 31.2. The Morgan fingerprint density at radius 1 is 0.340 bits per heavy atom. The van der Waals surface area contributed by atoms with Crippen LogP contribution in [0.3, 0.4) is 0 Å². The van der Waals surface area contributed by atoms with E-state index in [-0.39, 0.29) is 0 Å². The molecule has 0 atom stereocenters. The normalized spacial score (nSPS) is 11.4. The van der Waals surface area contributed by atoms with E-state index in [9.17, 15) is 0 Å². The molecule has 2 heterocycles. The van der Waals surface area contributed by atoms with Crippen LogP contribution >= 0.6 is 11.3 Å². The van der Waals surface area contributed by atoms with E-state index in [1.165, 1.54) is 15.5 Å². The second-order valence-electron chi connectivity index (χ2n) is 11.5. The standard InChI is InChI=1S/C42H26N4S/c1-3-11-29(12-4-1)39-44-40(46-41(45-39)35-21-18-27-10-7-8-15-31(27)24-35)34-17-9-16-32(25-34)33-20-19-28-22-23-37-38(36(28)26-33)43-42(47-37)30-13-5-2-6-14-30/h1-26H. The Bertz CT molecular complexity index is 2580. The minimum atomic E-state index is 0.638. The number of nitrogens with zero attached hydrogens (tertiary/aromatic N) is 4. The Kier molecular flexibility index (Phi) is 6.61. The molecule has 0 N–H and O–H groups in total. The smallest absolute Gasteiger partial charge is 0.164 e. The lowest BCUT2D eigenvalue weighted by Gasteiger charge is -2.10. The van der Waals surface area contributed by atoms with Crippen LogP contribution in [0.1, 0.15) is 0 Å². The summed E-state index contributed by atoms with van der Waals surface area (Å²) in [5.74, 6) is 1.94. The van der Waals surface area contributed by atoms with Gasteiger partial charge in [-0.15, -0.1) is 11.3 Å². The van der Waals surface area contributed by atoms with Gasteiger partial charge in [-0.1, -0.05) is 133 Å². The minimum absolute atomic E-state index is 0.638. The molecule has 0 amide bonds. The lowest BCUT2D eigenvalue weighted by Crippen LogP contribution is -2.00. The van der Waals surface area contributed by atoms with Crippen LogP contribution in [0.2, 0.25) is 0 Å². The topological polar surface area (TPSA) is 51.6 Å². The van der Waals surface area contributed by atoms with Crippen molar-refractivity contribution in [2.75, 3.05) is 0 Å². The van der Waals surface area contributed by atoms with Crippen molar-refractivity contribution in [3.8, 4) is 55.9 Å². The van der Waals surface area contributed by atoms with Crippen molar-refractivity contribution in [2.24, 2.45) is 0 Å². The predicted octanol–water partition coefficient (Wildman–Crippen LogP) is 11.1. The molecule has 0 aliphatic heterocycles. The van der Waals surface area contributed by atoms with E-state index in [1.54, 1.807) is 11.3 Å². The quantitative estimate of drug-likeness (QED) is 0.193. The van der Waals surface area contributed by atoms with Crippen LogP contribution in [0.15, 0.2) is 158 Å². The first kappa shape index (κ1) is 27.3. The van der Waals surface area contributed by atoms with Crippen molar-refractivity contribution in [1.82, 2.24) is 19.9 Å². The molecule has 0 aliphatic carbocycles. The Labute approximate surface area is 275 Å². The third-order valence-corrected chi connectivity index (χ3v) is 9.60. The largest absolute Gasteiger partial charge is 0.235 e. The van der Waals surface area contributed by atoms with Gasteiger partial charge in [0.15, 0.2) is 17.5 Å². The monoisotopic (exact) mass is 618 g/mol. The van der Waals surface area contributed by atoms with Crippen LogP contribution in [-0.2, 0) is 0 Å². The van der Waals surface area contributed by atoms with Gasteiger partial charge in [-0.2, -0.15) is 0 Å². The number of rotatable bonds is 5. The predicted molar refractivity (Wildman–Crippen MR) is 195 cm³/mol. The number of fused-ring (bicyclic) bond motifs is 4. The van der Waals surface area contributed by atoms with Crippen LogP contribution in [0.25, 0.3) is 87.6 Å². The van der Waals surface area contributed by atoms with Gasteiger partial charge in [0, 0.05) is 27.6 Å². The SMILES string of the molecule is c1ccc(-c2nc(-c3cccc(-c4ccc5ccc6sc(-c7ccccc7)nc6c5c4)c3)nc(-c3ccc4ccccc4c3)n2)cc1. The highest BCUT2D eigenvalue weighted by Gasteiger charge is 2.15. The van der Waals surface area contributed by atoms with E-state index in [0.29, 0.717) is 17.5 Å². The first-order valence-electron chi connectivity index (χ1n) is 15.6. The molecule has 0 radical (unpaired) electrons. The van der Waals surface area contributed by atoms with Crippen LogP contribution in [0.5, 0.6) is 0 Å². The fraction of sp³-hybridized carbons (Fsp3) is 0. The summed E-state index contributed by atoms with van der Waals surface area (Å²) in [6.07, 6.45) is 0. The van der Waals surface area contributed by atoms with E-state index < -0.39 is 0 Å². The number of benzene rings is 7. The van der Waals surface area contributed by atoms with Crippen molar-refractivity contribution in [3.05, 3.63) is 158 Å². The van der Waals surface area contributed by atoms with Gasteiger partial charge in [0.2, 0.25) is 0 Å². The van der Waals surface area contributed by atoms with Gasteiger partial charge in [-0.25, -0.2) is 19.9 Å². The zero-order valence-corrected chi connectivity index (χ0v) is 26.0. The summed E-state index contributed by atoms with van der Waals surface area (Å²) < 4.78 is 1.18. The number of hydrogen-bond donors (Lipinski definition) is 0. The van der Waals surface area contributed by atoms with Crippen LogP contribution in [-0.4, -0.2) is 19.9 Å². The molecule has 0 bridgehead atoms. The third kappa shape index (κ3) is 5.13. The fourth-order valence-electron chi connectivity index (χ4n) is 6.11. The molecule has 0 unspecified atom stereocenters. The van der Waals surface area contributed by atoms with E-state index in [2.05, 4.69) is 121 Å². The Balaban J connectivity index is 1.16. The highest BCUT2D eigenvalue weighted by molar-refractivity contribution is 7.21. The van der Waals surface area contributed by atoms with Gasteiger partial charge in [-0.3, -0.25) is 0 Å². The first-order valence-corrected chi connectivity index (χ1v) is 16.4. The van der Waals surface area contributed by atoms with Gasteiger partial charge in [0.05, 0.1) is 10.2 Å². The van der Waals surface area contributed by atoms with Crippen molar-refractivity contribution in [3.63, 3.8) is 0 Å². The summed E-state index contributed by atoms with van der Waals surface area (Å²) in [7, 11) is 0. The molecule has 0 saturated carbocycles. The molecular formula is C42H26N4S. The minimum Gasteiger partial charge on any atom is -0.235 e. The van der Waals surface area contributed by atoms with E-state index in [4.69, 9.17) is 19.9 Å². The summed E-state index contributed by atoms with van der Waals surface area (Å²) in [5.41, 5.74) is 7.23. The first-order chi connectivity index (χ1) is 23.2. The van der Waals surface area contributed by atoms with Gasteiger partial charge in [-0.05, 0) is 51.6 Å². The van der Waals surface area contributed by atoms with E-state index in [1.807, 2.05) is 36.4 Å². The number of hydrogen-bond acceptors (Lipinski definition) is 5. The van der Waals surface area contributed by atoms with E-state index >= 15 is 0 Å². The second-order valence-corrected chi connectivity index (χ2v) is 12.6. The van der Waals surface area contributed by atoms with Gasteiger partial charge < -0.3 is 0 Å². The number of aromatic nitrogens is 4. The molecule has 220 valence electrons. The number of thiazole rings is 1. The molecular weight excluding hydrogens is 593 g/mol. The maximum Gasteiger partial charge on any atom is 0.164 e. The maximum atomic E-state index is 5.10. The Morgan fingerprint density at radius 3 is 1.68 bits per heavy atom. The molecule has 47 heavy (non-hydrogen) atoms. The summed E-state index contributed by atoms with van der Waals surface area (Å²) in [6.45, 7) is 0. The van der Waals surface area contributed by atoms with Crippen LogP contribution in [0.4, 0.5) is 0 Å². The summed E-state index contributed by atoms with van der Waals surface area (Å²) in [6, 6.07) is 54.7. The van der Waals surface area contributed by atoms with Gasteiger partial charge in [0.1, 0.15) is 5.01 Å². The van der Waals surface area contributed by atoms with Gasteiger partial charge >= 0.3 is 0 Å². The Morgan fingerprint density at radius 2 is 0.894 bits per heavy atom. The highest BCUT2D eigenvalue weighted by atomic mass is 32.1. The molecule has 9 aromatic rings. The van der Waals surface area contributed by atoms with Crippen LogP contribution < -0.4 is 0 Å². The summed E-state index contributed by atoms with van der Waals surface area (Å²) in [5, 5.41) is 5.69. The molecule has 0 spiro atoms. The molecule has 4 nitrogen and oxygen atoms in total. The lowest BCUT2D eigenvalue weighted by molar-refractivity contribution is 1.07. The molecule has 5 heteroatoms. The Hall–Kier alpha value is -6.04. The van der Waals surface area contributed by atoms with Crippen LogP contribution in [0, 0.1) is 0 Å². The van der Waals surface area contributed by atoms with Gasteiger partial charge in [0.25, 0.3) is 0 Å². The molecule has 0 aliphatic rings. The van der Waals surface area contributed by atoms with Crippen molar-refractivity contribution < 1.29 is 0 Å². The molecule has 2 aromatic heterocycles. The maximum absolute atomic E-state index is 5.10. The lowest BCUT2D eigenvalue weighted by atomic mass is 9.99.